The Kier molecular flexibility index (Phi) is 12.5. The molecule has 14 heteroatoms. The average Bonchev–Trinajstić information content (AvgIpc) is 3.37. The Labute approximate surface area is 279 Å². The minimum Gasteiger partial charge on any atom is -0.449 e. The number of halogens is 1. The van der Waals surface area contributed by atoms with Crippen molar-refractivity contribution in [3.05, 3.63) is 65.2 Å². The fourth-order valence-corrected chi connectivity index (χ4v) is 5.24. The van der Waals surface area contributed by atoms with E-state index in [-0.39, 0.29) is 24.4 Å². The fourth-order valence-electron chi connectivity index (χ4n) is 5.24. The molecule has 0 spiro atoms. The predicted octanol–water partition coefficient (Wildman–Crippen LogP) is 3.15. The first kappa shape index (κ1) is 36.3. The van der Waals surface area contributed by atoms with Crippen LogP contribution in [0.25, 0.3) is 0 Å². The maximum absolute atomic E-state index is 14.8. The van der Waals surface area contributed by atoms with Gasteiger partial charge >= 0.3 is 12.1 Å². The summed E-state index contributed by atoms with van der Waals surface area (Å²) in [6, 6.07) is 3.81. The molecule has 48 heavy (non-hydrogen) atoms. The number of carbonyl (C=O) groups excluding carboxylic acids is 5. The highest BCUT2D eigenvalue weighted by molar-refractivity contribution is 6.03. The van der Waals surface area contributed by atoms with E-state index in [9.17, 15) is 28.4 Å². The van der Waals surface area contributed by atoms with E-state index < -0.39 is 53.4 Å². The zero-order valence-corrected chi connectivity index (χ0v) is 27.7. The van der Waals surface area contributed by atoms with Gasteiger partial charge in [0, 0.05) is 57.5 Å². The SMILES string of the molecule is CC(=O)OC(C(=O)NC1=CC=C(CCNC(=O)OC(C)(C)C)C=CC1)C1OCCCN(c2ccc(F)c(C(=O)N3CCOCC3)c2)C1=O. The third-order valence-corrected chi connectivity index (χ3v) is 7.48. The summed E-state index contributed by atoms with van der Waals surface area (Å²) < 4.78 is 36.5. The summed E-state index contributed by atoms with van der Waals surface area (Å²) in [6.07, 6.45) is 4.72. The van der Waals surface area contributed by atoms with E-state index in [1.165, 1.54) is 21.9 Å². The molecule has 2 saturated heterocycles. The predicted molar refractivity (Wildman–Crippen MR) is 172 cm³/mol. The zero-order valence-electron chi connectivity index (χ0n) is 27.7. The van der Waals surface area contributed by atoms with Gasteiger partial charge in [-0.25, -0.2) is 9.18 Å². The molecule has 1 aliphatic carbocycles. The Balaban J connectivity index is 1.47. The molecular weight excluding hydrogens is 627 g/mol. The molecule has 260 valence electrons. The van der Waals surface area contributed by atoms with E-state index in [0.717, 1.165) is 18.6 Å². The number of nitrogens with zero attached hydrogens (tertiary/aromatic N) is 2. The van der Waals surface area contributed by atoms with E-state index >= 15 is 0 Å². The first-order valence-electron chi connectivity index (χ1n) is 15.9. The Bertz CT molecular complexity index is 1480. The molecule has 0 aromatic heterocycles. The van der Waals surface area contributed by atoms with Gasteiger partial charge in [-0.3, -0.25) is 19.2 Å². The molecular formula is C34H43FN4O9. The van der Waals surface area contributed by atoms with Crippen LogP contribution in [0.2, 0.25) is 0 Å². The van der Waals surface area contributed by atoms with Crippen molar-refractivity contribution in [1.82, 2.24) is 15.5 Å². The van der Waals surface area contributed by atoms with E-state index in [2.05, 4.69) is 10.6 Å². The number of nitrogens with one attached hydrogen (secondary N) is 2. The molecule has 2 N–H and O–H groups in total. The van der Waals surface area contributed by atoms with E-state index in [1.807, 2.05) is 12.2 Å². The molecule has 13 nitrogen and oxygen atoms in total. The topological polar surface area (TPSA) is 153 Å². The van der Waals surface area contributed by atoms with Crippen molar-refractivity contribution in [3.63, 3.8) is 0 Å². The van der Waals surface area contributed by atoms with Gasteiger partial charge in [-0.05, 0) is 63.5 Å². The number of hydrogen-bond acceptors (Lipinski definition) is 9. The van der Waals surface area contributed by atoms with Gasteiger partial charge in [-0.1, -0.05) is 18.2 Å². The normalized spacial score (nSPS) is 19.3. The van der Waals surface area contributed by atoms with Crippen LogP contribution in [0.5, 0.6) is 0 Å². The molecule has 2 unspecified atom stereocenters. The monoisotopic (exact) mass is 670 g/mol. The van der Waals surface area contributed by atoms with Crippen LogP contribution >= 0.6 is 0 Å². The fraction of sp³-hybridized carbons (Fsp3) is 0.500. The molecule has 2 atom stereocenters. The summed E-state index contributed by atoms with van der Waals surface area (Å²) in [5.41, 5.74) is 0.803. The summed E-state index contributed by atoms with van der Waals surface area (Å²) in [4.78, 5) is 67.4. The van der Waals surface area contributed by atoms with Crippen molar-refractivity contribution in [2.24, 2.45) is 0 Å². The van der Waals surface area contributed by atoms with Crippen LogP contribution in [0.15, 0.2) is 53.8 Å². The van der Waals surface area contributed by atoms with Crippen molar-refractivity contribution in [1.29, 1.82) is 0 Å². The molecule has 4 amide bonds. The molecule has 3 aliphatic rings. The molecule has 0 saturated carbocycles. The lowest BCUT2D eigenvalue weighted by Gasteiger charge is -2.29. The first-order valence-corrected chi connectivity index (χ1v) is 15.9. The number of anilines is 1. The largest absolute Gasteiger partial charge is 0.449 e. The van der Waals surface area contributed by atoms with Gasteiger partial charge in [0.1, 0.15) is 11.4 Å². The first-order chi connectivity index (χ1) is 22.8. The van der Waals surface area contributed by atoms with Crippen LogP contribution in [0, 0.1) is 5.82 Å². The number of morpholine rings is 1. The molecule has 2 heterocycles. The van der Waals surface area contributed by atoms with Gasteiger partial charge in [0.2, 0.25) is 6.10 Å². The second-order valence-corrected chi connectivity index (χ2v) is 12.4. The summed E-state index contributed by atoms with van der Waals surface area (Å²) in [7, 11) is 0. The number of esters is 1. The average molecular weight is 671 g/mol. The highest BCUT2D eigenvalue weighted by Gasteiger charge is 2.42. The second kappa shape index (κ2) is 16.5. The standard InChI is InChI=1S/C34H43FN4O9/c1-22(40)47-28(30(41)37-24-8-5-7-23(9-10-24)13-14-36-33(44)48-34(2,3)4)29-32(43)39(15-6-18-46-29)25-11-12-27(35)26(21-25)31(42)38-16-19-45-20-17-38/h5,7,9-12,21,28-29H,6,8,13-20H2,1-4H3,(H,36,44)(H,37,41). The van der Waals surface area contributed by atoms with Gasteiger partial charge in [0.15, 0.2) is 6.10 Å². The summed E-state index contributed by atoms with van der Waals surface area (Å²) >= 11 is 0. The maximum atomic E-state index is 14.8. The number of alkyl carbamates (subject to hydrolysis) is 1. The van der Waals surface area contributed by atoms with Gasteiger partial charge in [0.25, 0.3) is 17.7 Å². The van der Waals surface area contributed by atoms with Crippen LogP contribution in [0.4, 0.5) is 14.9 Å². The number of benzene rings is 1. The quantitative estimate of drug-likeness (QED) is 0.378. The Morgan fingerprint density at radius 3 is 2.54 bits per heavy atom. The highest BCUT2D eigenvalue weighted by atomic mass is 19.1. The smallest absolute Gasteiger partial charge is 0.407 e. The molecule has 0 bridgehead atoms. The number of allylic oxidation sites excluding steroid dienone is 4. The molecule has 2 fully saturated rings. The van der Waals surface area contributed by atoms with Crippen molar-refractivity contribution in [2.75, 3.05) is 50.9 Å². The van der Waals surface area contributed by atoms with E-state index in [0.29, 0.717) is 57.8 Å². The Morgan fingerprint density at radius 2 is 1.83 bits per heavy atom. The third kappa shape index (κ3) is 10.2. The van der Waals surface area contributed by atoms with Crippen molar-refractivity contribution < 1.29 is 47.3 Å². The van der Waals surface area contributed by atoms with Crippen LogP contribution in [-0.2, 0) is 33.3 Å². The second-order valence-electron chi connectivity index (χ2n) is 12.4. The number of carbonyl (C=O) groups is 5. The van der Waals surface area contributed by atoms with Crippen molar-refractivity contribution in [3.8, 4) is 0 Å². The molecule has 4 rings (SSSR count). The maximum Gasteiger partial charge on any atom is 0.407 e. The molecule has 0 radical (unpaired) electrons. The van der Waals surface area contributed by atoms with Crippen LogP contribution in [0.3, 0.4) is 0 Å². The zero-order chi connectivity index (χ0) is 34.8. The molecule has 1 aromatic rings. The Hall–Kier alpha value is -4.56. The van der Waals surface area contributed by atoms with Gasteiger partial charge in [-0.15, -0.1) is 0 Å². The van der Waals surface area contributed by atoms with Crippen molar-refractivity contribution >= 4 is 35.5 Å². The third-order valence-electron chi connectivity index (χ3n) is 7.48. The van der Waals surface area contributed by atoms with Crippen LogP contribution < -0.4 is 15.5 Å². The lowest BCUT2D eigenvalue weighted by molar-refractivity contribution is -0.166. The van der Waals surface area contributed by atoms with Crippen molar-refractivity contribution in [2.45, 2.75) is 64.8 Å². The minimum absolute atomic E-state index is 0.0770. The summed E-state index contributed by atoms with van der Waals surface area (Å²) in [6.45, 7) is 8.35. The lowest BCUT2D eigenvalue weighted by atomic mass is 10.1. The summed E-state index contributed by atoms with van der Waals surface area (Å²) in [5.74, 6) is -3.50. The number of hydrogen-bond donors (Lipinski definition) is 2. The number of amides is 4. The van der Waals surface area contributed by atoms with Crippen LogP contribution in [-0.4, -0.2) is 98.5 Å². The van der Waals surface area contributed by atoms with Gasteiger partial charge in [0.05, 0.1) is 18.8 Å². The van der Waals surface area contributed by atoms with Gasteiger partial charge in [-0.2, -0.15) is 0 Å². The van der Waals surface area contributed by atoms with Crippen LogP contribution in [0.1, 0.15) is 57.3 Å². The minimum atomic E-state index is -1.64. The van der Waals surface area contributed by atoms with E-state index in [1.54, 1.807) is 32.9 Å². The Morgan fingerprint density at radius 1 is 1.08 bits per heavy atom. The number of ether oxygens (including phenoxy) is 4. The summed E-state index contributed by atoms with van der Waals surface area (Å²) in [5, 5.41) is 5.45. The van der Waals surface area contributed by atoms with Gasteiger partial charge < -0.3 is 39.4 Å². The van der Waals surface area contributed by atoms with E-state index in [4.69, 9.17) is 18.9 Å². The highest BCUT2D eigenvalue weighted by Crippen LogP contribution is 2.25. The number of rotatable bonds is 9. The lowest BCUT2D eigenvalue weighted by Crippen LogP contribution is -2.52. The molecule has 2 aliphatic heterocycles. The molecule has 1 aromatic carbocycles.